The molecular weight excluding hydrogens is 774 g/mol. The largest absolute Gasteiger partial charge is 0.472 e. The Kier molecular flexibility index (Phi) is 40.4. The van der Waals surface area contributed by atoms with E-state index in [9.17, 15) is 19.0 Å². The number of phosphoric acid groups is 1. The van der Waals surface area contributed by atoms with Crippen molar-refractivity contribution in [2.24, 2.45) is 0 Å². The Hall–Kier alpha value is -2.29. The summed E-state index contributed by atoms with van der Waals surface area (Å²) in [6.07, 6.45) is 51.5. The molecule has 10 heteroatoms. The highest BCUT2D eigenvalue weighted by Crippen LogP contribution is 2.43. The van der Waals surface area contributed by atoms with Gasteiger partial charge in [-0.05, 0) is 57.8 Å². The van der Waals surface area contributed by atoms with E-state index in [2.05, 4.69) is 38.2 Å². The predicted octanol–water partition coefficient (Wildman–Crippen LogP) is 14.0. The smallest absolute Gasteiger partial charge is 0.462 e. The zero-order valence-electron chi connectivity index (χ0n) is 39.2. The molecule has 0 aliphatic carbocycles. The van der Waals surface area contributed by atoms with Gasteiger partial charge >= 0.3 is 19.8 Å². The van der Waals surface area contributed by atoms with Crippen LogP contribution in [-0.4, -0.2) is 74.9 Å². The minimum atomic E-state index is -4.39. The van der Waals surface area contributed by atoms with Crippen molar-refractivity contribution in [2.45, 2.75) is 200 Å². The molecule has 0 aromatic carbocycles. The van der Waals surface area contributed by atoms with Gasteiger partial charge in [-0.25, -0.2) is 4.57 Å². The molecule has 2 atom stereocenters. The lowest BCUT2D eigenvalue weighted by molar-refractivity contribution is -0.870. The summed E-state index contributed by atoms with van der Waals surface area (Å²) < 4.78 is 34.3. The molecular formula is C50H91NO8P+. The average molecular weight is 865 g/mol. The molecule has 0 aromatic rings. The number of ether oxygens (including phenoxy) is 2. The van der Waals surface area contributed by atoms with Crippen molar-refractivity contribution < 1.29 is 42.1 Å². The molecule has 1 N–H and O–H groups in total. The summed E-state index contributed by atoms with van der Waals surface area (Å²) in [5.41, 5.74) is 0. The monoisotopic (exact) mass is 865 g/mol. The van der Waals surface area contributed by atoms with Gasteiger partial charge in [0.1, 0.15) is 19.8 Å². The Morgan fingerprint density at radius 1 is 0.533 bits per heavy atom. The van der Waals surface area contributed by atoms with E-state index in [0.29, 0.717) is 17.4 Å². The Morgan fingerprint density at radius 2 is 0.967 bits per heavy atom. The summed E-state index contributed by atoms with van der Waals surface area (Å²) in [5.74, 6) is -0.850. The molecule has 0 bridgehead atoms. The minimum absolute atomic E-state index is 0.0206. The molecule has 348 valence electrons. The zero-order valence-corrected chi connectivity index (χ0v) is 40.1. The highest BCUT2D eigenvalue weighted by Gasteiger charge is 2.27. The normalized spacial score (nSPS) is 14.0. The summed E-state index contributed by atoms with van der Waals surface area (Å²) >= 11 is 0. The summed E-state index contributed by atoms with van der Waals surface area (Å²) in [4.78, 5) is 35.4. The third-order valence-electron chi connectivity index (χ3n) is 10.1. The summed E-state index contributed by atoms with van der Waals surface area (Å²) in [6.45, 7) is 4.23. The molecule has 0 aliphatic rings. The van der Waals surface area contributed by atoms with Gasteiger partial charge in [-0.2, -0.15) is 0 Å². The van der Waals surface area contributed by atoms with Gasteiger partial charge in [-0.3, -0.25) is 18.6 Å². The first-order valence-electron chi connectivity index (χ1n) is 24.1. The summed E-state index contributed by atoms with van der Waals surface area (Å²) in [7, 11) is 1.44. The highest BCUT2D eigenvalue weighted by atomic mass is 31.2. The van der Waals surface area contributed by atoms with Gasteiger partial charge < -0.3 is 18.9 Å². The van der Waals surface area contributed by atoms with Crippen LogP contribution >= 0.6 is 7.82 Å². The van der Waals surface area contributed by atoms with E-state index in [1.54, 1.807) is 0 Å². The Labute approximate surface area is 368 Å². The second-order valence-electron chi connectivity index (χ2n) is 17.2. The third-order valence-corrected chi connectivity index (χ3v) is 11.1. The lowest BCUT2D eigenvalue weighted by Crippen LogP contribution is -2.37. The van der Waals surface area contributed by atoms with Crippen molar-refractivity contribution >= 4 is 19.8 Å². The van der Waals surface area contributed by atoms with E-state index in [1.807, 2.05) is 57.6 Å². The van der Waals surface area contributed by atoms with Gasteiger partial charge in [-0.15, -0.1) is 0 Å². The van der Waals surface area contributed by atoms with Crippen molar-refractivity contribution in [1.82, 2.24) is 0 Å². The number of unbranched alkanes of at least 4 members (excludes halogenated alkanes) is 22. The predicted molar refractivity (Wildman–Crippen MR) is 252 cm³/mol. The maximum Gasteiger partial charge on any atom is 0.472 e. The van der Waals surface area contributed by atoms with E-state index in [1.165, 1.54) is 103 Å². The molecule has 0 aromatic heterocycles. The number of allylic oxidation sites excluding steroid dienone is 10. The highest BCUT2D eigenvalue weighted by molar-refractivity contribution is 7.47. The first-order valence-corrected chi connectivity index (χ1v) is 25.6. The number of nitrogens with zero attached hydrogens (tertiary/aromatic N) is 1. The van der Waals surface area contributed by atoms with Crippen LogP contribution in [0.2, 0.25) is 0 Å². The van der Waals surface area contributed by atoms with Crippen molar-refractivity contribution in [3.63, 3.8) is 0 Å². The van der Waals surface area contributed by atoms with Gasteiger partial charge in [0.05, 0.1) is 27.7 Å². The first kappa shape index (κ1) is 57.7. The quantitative estimate of drug-likeness (QED) is 0.0161. The molecule has 0 saturated carbocycles. The lowest BCUT2D eigenvalue weighted by atomic mass is 10.0. The van der Waals surface area contributed by atoms with Gasteiger partial charge in [0.25, 0.3) is 0 Å². The van der Waals surface area contributed by atoms with Gasteiger partial charge in [0, 0.05) is 12.8 Å². The molecule has 0 spiro atoms. The number of carbonyl (C=O) groups is 2. The minimum Gasteiger partial charge on any atom is -0.462 e. The Bertz CT molecular complexity index is 1210. The van der Waals surface area contributed by atoms with Gasteiger partial charge in [0.2, 0.25) is 0 Å². The van der Waals surface area contributed by atoms with Crippen LogP contribution < -0.4 is 0 Å². The third kappa shape index (κ3) is 45.2. The molecule has 0 fully saturated rings. The van der Waals surface area contributed by atoms with Crippen LogP contribution in [0, 0.1) is 0 Å². The van der Waals surface area contributed by atoms with Crippen LogP contribution in [0.3, 0.4) is 0 Å². The number of quaternary nitrogens is 1. The van der Waals surface area contributed by atoms with Crippen LogP contribution in [-0.2, 0) is 32.7 Å². The number of esters is 2. The number of hydrogen-bond acceptors (Lipinski definition) is 7. The van der Waals surface area contributed by atoms with Crippen molar-refractivity contribution in [1.29, 1.82) is 0 Å². The SMILES string of the molecule is CC/C=C/C=C/C=C/C=C/CCCCCC(=O)OC(COC(=O)CCCCCCCCC/C=C/CCCCCCCCCCCCCC)COP(=O)(O)OCC[N+](C)(C)C. The number of rotatable bonds is 43. The number of likely N-dealkylation sites (N-methyl/N-ethyl adjacent to an activating group) is 1. The zero-order chi connectivity index (χ0) is 44.3. The average Bonchev–Trinajstić information content (AvgIpc) is 3.20. The van der Waals surface area contributed by atoms with Gasteiger partial charge in [-0.1, -0.05) is 184 Å². The number of carbonyl (C=O) groups excluding carboxylic acids is 2. The molecule has 0 amide bonds. The van der Waals surface area contributed by atoms with Crippen molar-refractivity contribution in [3.8, 4) is 0 Å². The molecule has 9 nitrogen and oxygen atoms in total. The molecule has 0 saturated heterocycles. The van der Waals surface area contributed by atoms with Crippen molar-refractivity contribution in [2.75, 3.05) is 47.5 Å². The van der Waals surface area contributed by atoms with Crippen LogP contribution in [0.25, 0.3) is 0 Å². The molecule has 0 aliphatic heterocycles. The number of hydrogen-bond donors (Lipinski definition) is 1. The van der Waals surface area contributed by atoms with E-state index < -0.39 is 26.5 Å². The molecule has 2 unspecified atom stereocenters. The number of phosphoric ester groups is 1. The van der Waals surface area contributed by atoms with E-state index >= 15 is 0 Å². The fraction of sp³-hybridized carbons (Fsp3) is 0.760. The second kappa shape index (κ2) is 42.0. The summed E-state index contributed by atoms with van der Waals surface area (Å²) in [6, 6.07) is 0. The fourth-order valence-electron chi connectivity index (χ4n) is 6.37. The maximum absolute atomic E-state index is 12.7. The molecule has 60 heavy (non-hydrogen) atoms. The van der Waals surface area contributed by atoms with Crippen LogP contribution in [0.4, 0.5) is 0 Å². The topological polar surface area (TPSA) is 108 Å². The van der Waals surface area contributed by atoms with E-state index in [4.69, 9.17) is 18.5 Å². The first-order chi connectivity index (χ1) is 29.0. The maximum atomic E-state index is 12.7. The van der Waals surface area contributed by atoms with Crippen LogP contribution in [0.1, 0.15) is 194 Å². The standard InChI is InChI=1S/C50H90NO8P/c1-6-8-10-12-14-16-18-20-21-22-23-24-25-26-27-28-29-31-32-34-36-38-40-42-49(52)56-46-48(47-58-60(54,55)57-45-44-51(3,4)5)59-50(53)43-41-39-37-35-33-30-19-17-15-13-11-9-7-2/h9,11,13,15,17,19,26-27,30,33,48H,6-8,10,12,14,16,18,20-25,28-29,31-32,34-47H2,1-5H3/p+1/b11-9+,15-13+,19-17+,27-26+,33-30+. The van der Waals surface area contributed by atoms with Crippen molar-refractivity contribution in [3.05, 3.63) is 60.8 Å². The van der Waals surface area contributed by atoms with Crippen LogP contribution in [0.5, 0.6) is 0 Å². The second-order valence-corrected chi connectivity index (χ2v) is 18.7. The fourth-order valence-corrected chi connectivity index (χ4v) is 7.11. The molecule has 0 rings (SSSR count). The lowest BCUT2D eigenvalue weighted by Gasteiger charge is -2.24. The Morgan fingerprint density at radius 3 is 1.48 bits per heavy atom. The van der Waals surface area contributed by atoms with Crippen LogP contribution in [0.15, 0.2) is 60.8 Å². The van der Waals surface area contributed by atoms with E-state index in [-0.39, 0.29) is 32.0 Å². The Balaban J connectivity index is 4.26. The molecule has 0 radical (unpaired) electrons. The van der Waals surface area contributed by atoms with E-state index in [0.717, 1.165) is 57.8 Å². The molecule has 0 heterocycles. The van der Waals surface area contributed by atoms with Gasteiger partial charge in [0.15, 0.2) is 6.10 Å². The summed E-state index contributed by atoms with van der Waals surface area (Å²) in [5, 5.41) is 0.